The van der Waals surface area contributed by atoms with Crippen molar-refractivity contribution in [1.82, 2.24) is 4.90 Å². The third-order valence-electron chi connectivity index (χ3n) is 2.53. The second kappa shape index (κ2) is 7.15. The summed E-state index contributed by atoms with van der Waals surface area (Å²) in [6, 6.07) is 8.85. The summed E-state index contributed by atoms with van der Waals surface area (Å²) < 4.78 is 4.78. The zero-order chi connectivity index (χ0) is 14.3. The normalized spacial score (nSPS) is 9.74. The number of nitrogens with two attached hydrogens (primary N) is 1. The molecule has 3 N–H and O–H groups in total. The van der Waals surface area contributed by atoms with Crippen LogP contribution < -0.4 is 5.73 Å². The van der Waals surface area contributed by atoms with Gasteiger partial charge >= 0.3 is 12.1 Å². The fourth-order valence-electron chi connectivity index (χ4n) is 1.35. The molecule has 0 spiro atoms. The summed E-state index contributed by atoms with van der Waals surface area (Å²) in [5.41, 5.74) is 6.32. The van der Waals surface area contributed by atoms with E-state index in [-0.39, 0.29) is 12.3 Å². The van der Waals surface area contributed by atoms with Gasteiger partial charge in [0.2, 0.25) is 0 Å². The predicted molar refractivity (Wildman–Crippen MR) is 71.2 cm³/mol. The Bertz CT molecular complexity index is 459. The number of primary amides is 1. The molecule has 6 nitrogen and oxygen atoms in total. The van der Waals surface area contributed by atoms with Crippen molar-refractivity contribution in [2.75, 3.05) is 13.7 Å². The first-order valence-corrected chi connectivity index (χ1v) is 5.81. The molecule has 1 aromatic carbocycles. The Balaban J connectivity index is 2.29. The standard InChI is InChI=1S/C13H17N3O3/c1-16(12(15)17)13(18)19-9-11(14)8-7-10-5-3-2-4-6-10/h2-6,14H,7-9H2,1H3,(H2,15,17). The molecule has 0 bridgehead atoms. The maximum absolute atomic E-state index is 11.3. The number of nitrogens with one attached hydrogen (secondary N) is 1. The van der Waals surface area contributed by atoms with Gasteiger partial charge in [-0.05, 0) is 18.4 Å². The largest absolute Gasteiger partial charge is 0.443 e. The number of benzene rings is 1. The minimum absolute atomic E-state index is 0.136. The highest BCUT2D eigenvalue weighted by atomic mass is 16.6. The molecule has 0 aromatic heterocycles. The lowest BCUT2D eigenvalue weighted by atomic mass is 10.1. The van der Waals surface area contributed by atoms with Gasteiger partial charge in [0.05, 0.1) is 0 Å². The molecule has 0 aliphatic heterocycles. The number of hydrogen-bond donors (Lipinski definition) is 2. The van der Waals surface area contributed by atoms with Gasteiger partial charge in [-0.25, -0.2) is 14.5 Å². The number of carbonyl (C=O) groups excluding carboxylic acids is 2. The van der Waals surface area contributed by atoms with Crippen LogP contribution in [0.1, 0.15) is 12.0 Å². The molecule has 0 atom stereocenters. The zero-order valence-corrected chi connectivity index (χ0v) is 10.8. The maximum Gasteiger partial charge on any atom is 0.418 e. The first-order valence-electron chi connectivity index (χ1n) is 5.81. The average molecular weight is 263 g/mol. The van der Waals surface area contributed by atoms with Crippen LogP contribution in [-0.2, 0) is 11.2 Å². The summed E-state index contributed by atoms with van der Waals surface area (Å²) in [6.45, 7) is -0.136. The van der Waals surface area contributed by atoms with Crippen molar-refractivity contribution in [1.29, 1.82) is 5.41 Å². The lowest BCUT2D eigenvalue weighted by Gasteiger charge is -2.12. The third kappa shape index (κ3) is 5.20. The first kappa shape index (κ1) is 14.7. The number of ether oxygens (including phenoxy) is 1. The van der Waals surface area contributed by atoms with Gasteiger partial charge in [-0.15, -0.1) is 0 Å². The SMILES string of the molecule is CN(C(N)=O)C(=O)OCC(=N)CCc1ccccc1. The first-order chi connectivity index (χ1) is 9.00. The Morgan fingerprint density at radius 1 is 1.32 bits per heavy atom. The van der Waals surface area contributed by atoms with E-state index >= 15 is 0 Å². The van der Waals surface area contributed by atoms with E-state index < -0.39 is 12.1 Å². The molecular weight excluding hydrogens is 246 g/mol. The maximum atomic E-state index is 11.3. The van der Waals surface area contributed by atoms with Gasteiger partial charge in [0, 0.05) is 12.8 Å². The summed E-state index contributed by atoms with van der Waals surface area (Å²) in [4.78, 5) is 22.6. The molecule has 19 heavy (non-hydrogen) atoms. The number of nitrogens with zero attached hydrogens (tertiary/aromatic N) is 1. The number of carbonyl (C=O) groups is 2. The molecule has 0 radical (unpaired) electrons. The summed E-state index contributed by atoms with van der Waals surface area (Å²) in [6.07, 6.45) is 0.359. The van der Waals surface area contributed by atoms with E-state index in [1.807, 2.05) is 30.3 Å². The van der Waals surface area contributed by atoms with E-state index in [4.69, 9.17) is 15.9 Å². The number of amides is 3. The highest BCUT2D eigenvalue weighted by Gasteiger charge is 2.15. The van der Waals surface area contributed by atoms with Crippen LogP contribution in [0.3, 0.4) is 0 Å². The molecule has 6 heteroatoms. The number of imide groups is 1. The van der Waals surface area contributed by atoms with Gasteiger partial charge in [0.1, 0.15) is 6.61 Å². The van der Waals surface area contributed by atoms with E-state index in [0.29, 0.717) is 17.7 Å². The van der Waals surface area contributed by atoms with Crippen LogP contribution in [-0.4, -0.2) is 36.4 Å². The van der Waals surface area contributed by atoms with Crippen LogP contribution in [0.15, 0.2) is 30.3 Å². The Labute approximate surface area is 111 Å². The molecule has 3 amide bonds. The monoisotopic (exact) mass is 263 g/mol. The molecule has 0 fully saturated rings. The number of rotatable bonds is 5. The highest BCUT2D eigenvalue weighted by Crippen LogP contribution is 2.03. The van der Waals surface area contributed by atoms with Crippen molar-refractivity contribution in [3.63, 3.8) is 0 Å². The van der Waals surface area contributed by atoms with E-state index in [1.165, 1.54) is 7.05 Å². The van der Waals surface area contributed by atoms with Crippen LogP contribution in [0.4, 0.5) is 9.59 Å². The van der Waals surface area contributed by atoms with Gasteiger partial charge in [-0.3, -0.25) is 0 Å². The number of aryl methyl sites for hydroxylation is 1. The fraction of sp³-hybridized carbons (Fsp3) is 0.308. The molecule has 0 aliphatic carbocycles. The van der Waals surface area contributed by atoms with Gasteiger partial charge in [0.15, 0.2) is 0 Å². The Hall–Kier alpha value is -2.37. The second-order valence-electron chi connectivity index (χ2n) is 4.04. The van der Waals surface area contributed by atoms with Gasteiger partial charge in [0.25, 0.3) is 0 Å². The summed E-state index contributed by atoms with van der Waals surface area (Å²) >= 11 is 0. The summed E-state index contributed by atoms with van der Waals surface area (Å²) in [5.74, 6) is 0. The van der Waals surface area contributed by atoms with Crippen LogP contribution in [0, 0.1) is 5.41 Å². The van der Waals surface area contributed by atoms with E-state index in [0.717, 1.165) is 5.56 Å². The minimum atomic E-state index is -0.888. The lowest BCUT2D eigenvalue weighted by molar-refractivity contribution is 0.131. The van der Waals surface area contributed by atoms with Crippen molar-refractivity contribution in [3.8, 4) is 0 Å². The molecule has 0 heterocycles. The molecule has 0 saturated heterocycles. The van der Waals surface area contributed by atoms with Crippen LogP contribution in [0.5, 0.6) is 0 Å². The molecule has 1 aromatic rings. The molecule has 0 aliphatic rings. The Morgan fingerprint density at radius 3 is 2.53 bits per heavy atom. The predicted octanol–water partition coefficient (Wildman–Crippen LogP) is 1.79. The van der Waals surface area contributed by atoms with Crippen LogP contribution in [0.2, 0.25) is 0 Å². The van der Waals surface area contributed by atoms with Crippen LogP contribution >= 0.6 is 0 Å². The van der Waals surface area contributed by atoms with E-state index in [9.17, 15) is 9.59 Å². The topological polar surface area (TPSA) is 96.5 Å². The molecule has 0 unspecified atom stereocenters. The molecular formula is C13H17N3O3. The van der Waals surface area contributed by atoms with E-state index in [1.54, 1.807) is 0 Å². The Kier molecular flexibility index (Phi) is 5.53. The highest BCUT2D eigenvalue weighted by molar-refractivity contribution is 5.91. The number of urea groups is 1. The van der Waals surface area contributed by atoms with E-state index in [2.05, 4.69) is 0 Å². The van der Waals surface area contributed by atoms with Gasteiger partial charge < -0.3 is 15.9 Å². The summed E-state index contributed by atoms with van der Waals surface area (Å²) in [7, 11) is 1.22. The van der Waals surface area contributed by atoms with Crippen LogP contribution in [0.25, 0.3) is 0 Å². The minimum Gasteiger partial charge on any atom is -0.443 e. The van der Waals surface area contributed by atoms with Crippen molar-refractivity contribution in [2.24, 2.45) is 5.73 Å². The number of hydrogen-bond acceptors (Lipinski definition) is 4. The van der Waals surface area contributed by atoms with Crippen molar-refractivity contribution in [2.45, 2.75) is 12.8 Å². The molecule has 102 valence electrons. The fourth-order valence-corrected chi connectivity index (χ4v) is 1.35. The van der Waals surface area contributed by atoms with Gasteiger partial charge in [-0.2, -0.15) is 0 Å². The van der Waals surface area contributed by atoms with Gasteiger partial charge in [-0.1, -0.05) is 30.3 Å². The average Bonchev–Trinajstić information content (AvgIpc) is 2.42. The Morgan fingerprint density at radius 2 is 1.95 bits per heavy atom. The zero-order valence-electron chi connectivity index (χ0n) is 10.8. The second-order valence-corrected chi connectivity index (χ2v) is 4.04. The third-order valence-corrected chi connectivity index (χ3v) is 2.53. The van der Waals surface area contributed by atoms with Crippen molar-refractivity contribution < 1.29 is 14.3 Å². The smallest absolute Gasteiger partial charge is 0.418 e. The van der Waals surface area contributed by atoms with Crippen molar-refractivity contribution >= 4 is 17.8 Å². The summed E-state index contributed by atoms with van der Waals surface area (Å²) in [5, 5.41) is 7.67. The van der Waals surface area contributed by atoms with Crippen molar-refractivity contribution in [3.05, 3.63) is 35.9 Å². The lowest BCUT2D eigenvalue weighted by Crippen LogP contribution is -2.38. The molecule has 1 rings (SSSR count). The quantitative estimate of drug-likeness (QED) is 0.792. The molecule has 0 saturated carbocycles.